The van der Waals surface area contributed by atoms with E-state index < -0.39 is 15.9 Å². The molecule has 0 atom stereocenters. The first-order valence-electron chi connectivity index (χ1n) is 12.0. The Balaban J connectivity index is 0.000000185. The molecule has 40 heavy (non-hydrogen) atoms. The van der Waals surface area contributed by atoms with Gasteiger partial charge in [0.15, 0.2) is 11.5 Å². The second kappa shape index (κ2) is 11.7. The molecule has 0 bridgehead atoms. The lowest BCUT2D eigenvalue weighted by Gasteiger charge is -2.14. The minimum absolute atomic E-state index is 0.0591. The summed E-state index contributed by atoms with van der Waals surface area (Å²) in [5, 5.41) is 7.02. The lowest BCUT2D eigenvalue weighted by molar-refractivity contribution is 0.0996. The van der Waals surface area contributed by atoms with Crippen molar-refractivity contribution >= 4 is 44.1 Å². The zero-order chi connectivity index (χ0) is 29.0. The average molecular weight is 577 g/mol. The van der Waals surface area contributed by atoms with Crippen LogP contribution < -0.4 is 22.2 Å². The fourth-order valence-corrected chi connectivity index (χ4v) is 4.87. The van der Waals surface area contributed by atoms with Crippen molar-refractivity contribution in [2.45, 2.75) is 18.2 Å². The number of para-hydroxylation sites is 1. The number of benzene rings is 3. The van der Waals surface area contributed by atoms with Crippen LogP contribution in [0.25, 0.3) is 27.7 Å². The van der Waals surface area contributed by atoms with Gasteiger partial charge in [0, 0.05) is 16.9 Å². The summed E-state index contributed by atoms with van der Waals surface area (Å²) in [4.78, 5) is 31.7. The number of halogens is 1. The van der Waals surface area contributed by atoms with Crippen molar-refractivity contribution in [3.05, 3.63) is 112 Å². The maximum absolute atomic E-state index is 12.8. The molecule has 0 radical (unpaired) electrons. The topological polar surface area (TPSA) is 177 Å². The predicted octanol–water partition coefficient (Wildman–Crippen LogP) is 3.68. The van der Waals surface area contributed by atoms with Crippen LogP contribution in [0.3, 0.4) is 0 Å². The number of primary sulfonamides is 1. The molecule has 2 aromatic heterocycles. The number of nitrogen functional groups attached to an aromatic ring is 1. The van der Waals surface area contributed by atoms with E-state index in [9.17, 15) is 18.0 Å². The lowest BCUT2D eigenvalue weighted by atomic mass is 10.1. The van der Waals surface area contributed by atoms with Crippen LogP contribution in [0.1, 0.15) is 23.1 Å². The van der Waals surface area contributed by atoms with Crippen LogP contribution in [-0.4, -0.2) is 28.9 Å². The number of amides is 1. The van der Waals surface area contributed by atoms with Crippen molar-refractivity contribution in [2.75, 3.05) is 5.73 Å². The van der Waals surface area contributed by atoms with Crippen molar-refractivity contribution in [1.29, 1.82) is 0 Å². The van der Waals surface area contributed by atoms with Gasteiger partial charge < -0.3 is 11.5 Å². The smallest absolute Gasteiger partial charge is 0.271 e. The van der Waals surface area contributed by atoms with Crippen LogP contribution in [0, 0.1) is 0 Å². The summed E-state index contributed by atoms with van der Waals surface area (Å²) in [6.45, 7) is 2.05. The number of pyridine rings is 1. The highest BCUT2D eigenvalue weighted by Crippen LogP contribution is 2.23. The van der Waals surface area contributed by atoms with Crippen LogP contribution in [0.15, 0.2) is 94.7 Å². The van der Waals surface area contributed by atoms with E-state index in [0.717, 1.165) is 23.2 Å². The Morgan fingerprint density at radius 2 is 1.70 bits per heavy atom. The fourth-order valence-electron chi connectivity index (χ4n) is 4.04. The zero-order valence-electron chi connectivity index (χ0n) is 21.3. The van der Waals surface area contributed by atoms with Crippen molar-refractivity contribution in [1.82, 2.24) is 14.5 Å². The van der Waals surface area contributed by atoms with Crippen molar-refractivity contribution < 1.29 is 13.2 Å². The highest BCUT2D eigenvalue weighted by Gasteiger charge is 2.14. The van der Waals surface area contributed by atoms with Crippen molar-refractivity contribution in [2.24, 2.45) is 10.9 Å². The molecule has 12 heteroatoms. The second-order valence-corrected chi connectivity index (χ2v) is 10.6. The Morgan fingerprint density at radius 1 is 1.00 bits per heavy atom. The summed E-state index contributed by atoms with van der Waals surface area (Å²) >= 11 is 6.20. The standard InChI is InChI=1S/C17H14ClNO.C11H11N5O3S/c1-2-13-11-12-7-6-10-15(18)16(12)17(20)19(13)14-8-4-3-5-9-14;12-10-9(11(13)17)16-8(5-15-10)6-2-1-3-7(4-6)20(14,18)19/h3-11H,2H2,1H3;1-5H,(H2,12,15)(H2,13,17)(H2,14,18,19). The number of fused-ring (bicyclic) bond motifs is 1. The van der Waals surface area contributed by atoms with Crippen LogP contribution in [0.5, 0.6) is 0 Å². The van der Waals surface area contributed by atoms with Gasteiger partial charge in [0.25, 0.3) is 11.5 Å². The van der Waals surface area contributed by atoms with E-state index in [1.807, 2.05) is 55.5 Å². The van der Waals surface area contributed by atoms with Crippen LogP contribution in [0.2, 0.25) is 5.02 Å². The number of hydrogen-bond acceptors (Lipinski definition) is 7. The molecule has 0 spiro atoms. The number of nitrogens with two attached hydrogens (primary N) is 3. The number of primary amides is 1. The Labute approximate surface area is 235 Å². The van der Waals surface area contributed by atoms with Gasteiger partial charge in [-0.2, -0.15) is 0 Å². The van der Waals surface area contributed by atoms with Gasteiger partial charge in [0.05, 0.1) is 27.2 Å². The summed E-state index contributed by atoms with van der Waals surface area (Å²) in [6, 6.07) is 23.0. The molecule has 0 aliphatic rings. The molecule has 0 aliphatic heterocycles. The molecule has 5 rings (SSSR count). The van der Waals surface area contributed by atoms with Gasteiger partial charge in [-0.25, -0.2) is 23.5 Å². The quantitative estimate of drug-likeness (QED) is 0.285. The van der Waals surface area contributed by atoms with Gasteiger partial charge in [0.1, 0.15) is 0 Å². The Hall–Kier alpha value is -4.58. The van der Waals surface area contributed by atoms with Gasteiger partial charge in [-0.3, -0.25) is 14.2 Å². The van der Waals surface area contributed by atoms with Crippen molar-refractivity contribution in [3.8, 4) is 16.9 Å². The number of sulfonamides is 1. The van der Waals surface area contributed by atoms with E-state index >= 15 is 0 Å². The molecule has 0 saturated carbocycles. The molecule has 6 N–H and O–H groups in total. The monoisotopic (exact) mass is 576 g/mol. The van der Waals surface area contributed by atoms with E-state index in [-0.39, 0.29) is 27.7 Å². The number of rotatable bonds is 5. The summed E-state index contributed by atoms with van der Waals surface area (Å²) in [5.74, 6) is -0.914. The maximum atomic E-state index is 12.8. The number of aryl methyl sites for hydroxylation is 1. The summed E-state index contributed by atoms with van der Waals surface area (Å²) in [6.07, 6.45) is 2.09. The third-order valence-corrected chi connectivity index (χ3v) is 7.17. The van der Waals surface area contributed by atoms with Gasteiger partial charge in [-0.15, -0.1) is 0 Å². The van der Waals surface area contributed by atoms with E-state index in [0.29, 0.717) is 16.0 Å². The normalized spacial score (nSPS) is 11.1. The summed E-state index contributed by atoms with van der Waals surface area (Å²) in [7, 11) is -3.83. The number of anilines is 1. The average Bonchev–Trinajstić information content (AvgIpc) is 2.93. The number of nitrogens with zero attached hydrogens (tertiary/aromatic N) is 3. The first kappa shape index (κ1) is 28.4. The predicted molar refractivity (Wildman–Crippen MR) is 156 cm³/mol. The fraction of sp³-hybridized carbons (Fsp3) is 0.0714. The van der Waals surface area contributed by atoms with E-state index in [1.165, 1.54) is 24.4 Å². The lowest BCUT2D eigenvalue weighted by Crippen LogP contribution is -2.22. The molecule has 5 aromatic rings. The molecule has 1 amide bonds. The molecule has 3 aromatic carbocycles. The van der Waals surface area contributed by atoms with Gasteiger partial charge in [-0.05, 0) is 48.2 Å². The van der Waals surface area contributed by atoms with Gasteiger partial charge >= 0.3 is 0 Å². The van der Waals surface area contributed by atoms with Gasteiger partial charge in [0.2, 0.25) is 10.0 Å². The summed E-state index contributed by atoms with van der Waals surface area (Å²) < 4.78 is 24.3. The molecule has 0 saturated heterocycles. The summed E-state index contributed by atoms with van der Waals surface area (Å²) in [5.41, 5.74) is 12.9. The molecule has 0 unspecified atom stereocenters. The molecule has 0 fully saturated rings. The van der Waals surface area contributed by atoms with Gasteiger partial charge in [-0.1, -0.05) is 61.0 Å². The van der Waals surface area contributed by atoms with Crippen LogP contribution in [0.4, 0.5) is 5.82 Å². The van der Waals surface area contributed by atoms with E-state index in [4.69, 9.17) is 28.2 Å². The minimum atomic E-state index is -3.83. The Bertz CT molecular complexity index is 1890. The highest BCUT2D eigenvalue weighted by molar-refractivity contribution is 7.89. The highest BCUT2D eigenvalue weighted by atomic mass is 35.5. The largest absolute Gasteiger partial charge is 0.382 e. The van der Waals surface area contributed by atoms with Crippen LogP contribution >= 0.6 is 11.6 Å². The molecule has 10 nitrogen and oxygen atoms in total. The molecule has 0 aliphatic carbocycles. The first-order chi connectivity index (χ1) is 19.0. The third kappa shape index (κ3) is 6.01. The molecular formula is C28H25ClN6O4S. The zero-order valence-corrected chi connectivity index (χ0v) is 22.9. The SMILES string of the molecule is CCc1cc2cccc(Cl)c2c(=O)n1-c1ccccc1.NC(=O)c1nc(-c2cccc(S(N)(=O)=O)c2)cnc1N. The van der Waals surface area contributed by atoms with Crippen LogP contribution in [-0.2, 0) is 16.4 Å². The Kier molecular flexibility index (Phi) is 8.29. The number of hydrogen-bond donors (Lipinski definition) is 3. The second-order valence-electron chi connectivity index (χ2n) is 8.60. The minimum Gasteiger partial charge on any atom is -0.382 e. The number of carbonyl (C=O) groups excluding carboxylic acids is 1. The number of carbonyl (C=O) groups is 1. The first-order valence-corrected chi connectivity index (χ1v) is 13.9. The van der Waals surface area contributed by atoms with E-state index in [1.54, 1.807) is 16.7 Å². The molecular weight excluding hydrogens is 552 g/mol. The maximum Gasteiger partial charge on any atom is 0.271 e. The number of aromatic nitrogens is 3. The third-order valence-electron chi connectivity index (χ3n) is 5.94. The van der Waals surface area contributed by atoms with Crippen molar-refractivity contribution in [3.63, 3.8) is 0 Å². The molecule has 204 valence electrons. The Morgan fingerprint density at radius 3 is 2.35 bits per heavy atom. The molecule has 2 heterocycles. The van der Waals surface area contributed by atoms with E-state index in [2.05, 4.69) is 9.97 Å².